The Morgan fingerprint density at radius 1 is 1.14 bits per heavy atom. The second kappa shape index (κ2) is 5.28. The molecule has 1 unspecified atom stereocenters. The number of hydrogen-bond donors (Lipinski definition) is 0. The number of halogens is 4. The van der Waals surface area contributed by atoms with E-state index in [0.717, 1.165) is 6.07 Å². The Morgan fingerprint density at radius 3 is 2.57 bits per heavy atom. The predicted octanol–water partition coefficient (Wildman–Crippen LogP) is 5.26. The summed E-state index contributed by atoms with van der Waals surface area (Å²) < 4.78 is 29.1. The molecule has 0 fully saturated rings. The highest BCUT2D eigenvalue weighted by Gasteiger charge is 2.21. The van der Waals surface area contributed by atoms with Crippen LogP contribution in [-0.2, 0) is 0 Å². The molecule has 0 amide bonds. The molecular formula is C15H10Cl2F2N2. The molecule has 6 heteroatoms. The quantitative estimate of drug-likeness (QED) is 0.587. The first-order valence-corrected chi connectivity index (χ1v) is 7.07. The predicted molar refractivity (Wildman–Crippen MR) is 80.3 cm³/mol. The first-order chi connectivity index (χ1) is 10.0. The summed E-state index contributed by atoms with van der Waals surface area (Å²) in [6.07, 6.45) is 0. The first-order valence-electron chi connectivity index (χ1n) is 6.26. The molecule has 0 aliphatic carbocycles. The van der Waals surface area contributed by atoms with E-state index in [9.17, 15) is 8.78 Å². The molecule has 1 atom stereocenters. The zero-order chi connectivity index (χ0) is 15.1. The lowest BCUT2D eigenvalue weighted by Crippen LogP contribution is -2.05. The van der Waals surface area contributed by atoms with Gasteiger partial charge in [-0.15, -0.1) is 11.6 Å². The Kier molecular flexibility index (Phi) is 3.59. The fourth-order valence-corrected chi connectivity index (χ4v) is 2.63. The van der Waals surface area contributed by atoms with Crippen LogP contribution in [0.25, 0.3) is 16.7 Å². The third-order valence-electron chi connectivity index (χ3n) is 3.19. The zero-order valence-corrected chi connectivity index (χ0v) is 12.5. The van der Waals surface area contributed by atoms with Crippen LogP contribution in [0.5, 0.6) is 0 Å². The van der Waals surface area contributed by atoms with Crippen molar-refractivity contribution in [1.82, 2.24) is 9.55 Å². The van der Waals surface area contributed by atoms with E-state index in [1.807, 2.05) is 0 Å². The van der Waals surface area contributed by atoms with Crippen LogP contribution in [-0.4, -0.2) is 9.55 Å². The van der Waals surface area contributed by atoms with E-state index >= 15 is 0 Å². The first kappa shape index (κ1) is 14.3. The minimum atomic E-state index is -0.949. The van der Waals surface area contributed by atoms with Gasteiger partial charge in [0.15, 0.2) is 11.6 Å². The van der Waals surface area contributed by atoms with E-state index in [1.165, 1.54) is 16.7 Å². The highest BCUT2D eigenvalue weighted by Crippen LogP contribution is 2.32. The van der Waals surface area contributed by atoms with Crippen molar-refractivity contribution in [3.8, 4) is 5.69 Å². The molecule has 0 N–H and O–H groups in total. The molecule has 2 nitrogen and oxygen atoms in total. The molecule has 0 aliphatic rings. The van der Waals surface area contributed by atoms with E-state index in [1.54, 1.807) is 25.1 Å². The van der Waals surface area contributed by atoms with Crippen LogP contribution in [0.15, 0.2) is 36.4 Å². The molecule has 21 heavy (non-hydrogen) atoms. The van der Waals surface area contributed by atoms with E-state index in [2.05, 4.69) is 4.98 Å². The Morgan fingerprint density at radius 2 is 1.86 bits per heavy atom. The molecular weight excluding hydrogens is 317 g/mol. The van der Waals surface area contributed by atoms with E-state index in [0.29, 0.717) is 21.9 Å². The molecule has 1 heterocycles. The van der Waals surface area contributed by atoms with Gasteiger partial charge in [-0.05, 0) is 31.2 Å². The Balaban J connectivity index is 2.43. The Bertz CT molecular complexity index is 828. The van der Waals surface area contributed by atoms with E-state index < -0.39 is 17.0 Å². The van der Waals surface area contributed by atoms with Gasteiger partial charge in [0.2, 0.25) is 0 Å². The molecule has 0 saturated heterocycles. The number of hydrogen-bond acceptors (Lipinski definition) is 1. The summed E-state index contributed by atoms with van der Waals surface area (Å²) in [5.41, 5.74) is 1.14. The average Bonchev–Trinajstić information content (AvgIpc) is 2.83. The Labute approximate surface area is 129 Å². The fraction of sp³-hybridized carbons (Fsp3) is 0.133. The van der Waals surface area contributed by atoms with Crippen molar-refractivity contribution in [2.45, 2.75) is 12.3 Å². The second-order valence-electron chi connectivity index (χ2n) is 4.60. The van der Waals surface area contributed by atoms with Crippen LogP contribution in [0.1, 0.15) is 18.1 Å². The molecule has 1 aromatic heterocycles. The Hall–Kier alpha value is -1.65. The lowest BCUT2D eigenvalue weighted by molar-refractivity contribution is 0.504. The summed E-state index contributed by atoms with van der Waals surface area (Å²) in [5, 5.41) is -0.0576. The second-order valence-corrected chi connectivity index (χ2v) is 5.66. The lowest BCUT2D eigenvalue weighted by atomic mass is 10.2. The summed E-state index contributed by atoms with van der Waals surface area (Å²) >= 11 is 12.3. The van der Waals surface area contributed by atoms with Gasteiger partial charge in [0.05, 0.1) is 21.6 Å². The summed E-state index contributed by atoms with van der Waals surface area (Å²) in [6, 6.07) is 9.13. The molecule has 0 spiro atoms. The van der Waals surface area contributed by atoms with Crippen molar-refractivity contribution in [2.75, 3.05) is 0 Å². The monoisotopic (exact) mass is 326 g/mol. The maximum absolute atomic E-state index is 14.1. The number of aromatic nitrogens is 2. The normalized spacial score (nSPS) is 12.8. The van der Waals surface area contributed by atoms with Gasteiger partial charge in [-0.1, -0.05) is 23.7 Å². The molecule has 0 bridgehead atoms. The van der Waals surface area contributed by atoms with Crippen molar-refractivity contribution in [1.29, 1.82) is 0 Å². The zero-order valence-electron chi connectivity index (χ0n) is 10.9. The van der Waals surface area contributed by atoms with Crippen LogP contribution in [0.4, 0.5) is 8.78 Å². The van der Waals surface area contributed by atoms with Crippen LogP contribution in [0, 0.1) is 11.6 Å². The van der Waals surface area contributed by atoms with E-state index in [-0.39, 0.29) is 5.69 Å². The van der Waals surface area contributed by atoms with Crippen molar-refractivity contribution >= 4 is 34.2 Å². The average molecular weight is 327 g/mol. The highest BCUT2D eigenvalue weighted by atomic mass is 35.5. The van der Waals surface area contributed by atoms with Gasteiger partial charge in [0, 0.05) is 0 Å². The van der Waals surface area contributed by atoms with Gasteiger partial charge in [0.25, 0.3) is 0 Å². The number of alkyl halides is 1. The van der Waals surface area contributed by atoms with Crippen molar-refractivity contribution in [3.63, 3.8) is 0 Å². The van der Waals surface area contributed by atoms with Crippen LogP contribution >= 0.6 is 23.2 Å². The molecule has 3 rings (SSSR count). The van der Waals surface area contributed by atoms with Crippen molar-refractivity contribution < 1.29 is 8.78 Å². The summed E-state index contributed by atoms with van der Waals surface area (Å²) in [7, 11) is 0. The molecule has 0 aliphatic heterocycles. The van der Waals surface area contributed by atoms with Crippen LogP contribution in [0.2, 0.25) is 5.02 Å². The van der Waals surface area contributed by atoms with Gasteiger partial charge in [-0.25, -0.2) is 13.8 Å². The largest absolute Gasteiger partial charge is 0.292 e. The van der Waals surface area contributed by atoms with Gasteiger partial charge in [-0.2, -0.15) is 0 Å². The van der Waals surface area contributed by atoms with Crippen LogP contribution in [0.3, 0.4) is 0 Å². The fourth-order valence-electron chi connectivity index (χ4n) is 2.27. The van der Waals surface area contributed by atoms with Gasteiger partial charge < -0.3 is 0 Å². The number of fused-ring (bicyclic) bond motifs is 1. The summed E-state index contributed by atoms with van der Waals surface area (Å²) in [6.45, 7) is 1.71. The topological polar surface area (TPSA) is 17.8 Å². The summed E-state index contributed by atoms with van der Waals surface area (Å²) in [4.78, 5) is 4.37. The van der Waals surface area contributed by atoms with Crippen molar-refractivity contribution in [3.05, 3.63) is 58.9 Å². The SMILES string of the molecule is CC(Cl)c1nc2c(Cl)cccc2n1-c1cccc(F)c1F. The molecule has 0 radical (unpaired) electrons. The van der Waals surface area contributed by atoms with Crippen molar-refractivity contribution in [2.24, 2.45) is 0 Å². The summed E-state index contributed by atoms with van der Waals surface area (Å²) in [5.74, 6) is -1.47. The molecule has 3 aromatic rings. The highest BCUT2D eigenvalue weighted by molar-refractivity contribution is 6.35. The molecule has 108 valence electrons. The van der Waals surface area contributed by atoms with Gasteiger partial charge in [-0.3, -0.25) is 4.57 Å². The van der Waals surface area contributed by atoms with Gasteiger partial charge in [0.1, 0.15) is 11.3 Å². The number of nitrogens with zero attached hydrogens (tertiary/aromatic N) is 2. The van der Waals surface area contributed by atoms with Gasteiger partial charge >= 0.3 is 0 Å². The minimum absolute atomic E-state index is 0.0577. The number of rotatable bonds is 2. The van der Waals surface area contributed by atoms with Crippen LogP contribution < -0.4 is 0 Å². The number of benzene rings is 2. The third-order valence-corrected chi connectivity index (χ3v) is 3.69. The molecule has 2 aromatic carbocycles. The molecule has 0 saturated carbocycles. The number of imidazole rings is 1. The van der Waals surface area contributed by atoms with E-state index in [4.69, 9.17) is 23.2 Å². The third kappa shape index (κ3) is 2.28. The minimum Gasteiger partial charge on any atom is -0.292 e. The standard InChI is InChI=1S/C15H10Cl2F2N2/c1-8(16)15-20-14-9(17)4-2-7-12(14)21(15)11-6-3-5-10(18)13(11)19/h2-8H,1H3. The smallest absolute Gasteiger partial charge is 0.182 e. The maximum atomic E-state index is 14.1. The number of para-hydroxylation sites is 1. The lowest BCUT2D eigenvalue weighted by Gasteiger charge is -2.11. The maximum Gasteiger partial charge on any atom is 0.182 e.